The molecule has 21 heavy (non-hydrogen) atoms. The summed E-state index contributed by atoms with van der Waals surface area (Å²) in [6, 6.07) is 3.80. The summed E-state index contributed by atoms with van der Waals surface area (Å²) in [5, 5.41) is 20.6. The fraction of sp³-hybridized carbons (Fsp3) is 0.0909. The van der Waals surface area contributed by atoms with E-state index in [9.17, 15) is 18.3 Å². The molecule has 1 amide bonds. The Hall–Kier alpha value is -2.10. The first-order valence-electron chi connectivity index (χ1n) is 5.55. The summed E-state index contributed by atoms with van der Waals surface area (Å²) in [4.78, 5) is 11.8. The van der Waals surface area contributed by atoms with Crippen molar-refractivity contribution in [3.8, 4) is 5.75 Å². The van der Waals surface area contributed by atoms with Gasteiger partial charge in [-0.25, -0.2) is 13.6 Å². The van der Waals surface area contributed by atoms with Crippen molar-refractivity contribution in [1.29, 1.82) is 0 Å². The second-order valence-corrected chi connectivity index (χ2v) is 6.12. The van der Waals surface area contributed by atoms with Crippen LogP contribution in [0.1, 0.15) is 10.4 Å². The maximum absolute atomic E-state index is 12.1. The van der Waals surface area contributed by atoms with Gasteiger partial charge < -0.3 is 10.4 Å². The van der Waals surface area contributed by atoms with Gasteiger partial charge in [-0.2, -0.15) is 5.10 Å². The third kappa shape index (κ3) is 3.32. The summed E-state index contributed by atoms with van der Waals surface area (Å²) in [6.07, 6.45) is 1.16. The number of amides is 1. The average molecular weight is 331 g/mol. The van der Waals surface area contributed by atoms with Crippen LogP contribution < -0.4 is 10.5 Å². The van der Waals surface area contributed by atoms with Gasteiger partial charge >= 0.3 is 0 Å². The van der Waals surface area contributed by atoms with E-state index in [1.165, 1.54) is 23.9 Å². The van der Waals surface area contributed by atoms with Gasteiger partial charge in [0, 0.05) is 13.2 Å². The zero-order valence-corrected chi connectivity index (χ0v) is 12.3. The van der Waals surface area contributed by atoms with Crippen molar-refractivity contribution in [3.63, 3.8) is 0 Å². The molecule has 112 valence electrons. The number of halogens is 1. The van der Waals surface area contributed by atoms with Gasteiger partial charge in [-0.1, -0.05) is 11.6 Å². The number of carbonyl (C=O) groups is 1. The van der Waals surface area contributed by atoms with Crippen molar-refractivity contribution in [2.24, 2.45) is 12.2 Å². The molecule has 0 saturated heterocycles. The number of aromatic hydroxyl groups is 1. The molecule has 0 fully saturated rings. The minimum absolute atomic E-state index is 0.0253. The van der Waals surface area contributed by atoms with E-state index in [1.807, 2.05) is 0 Å². The summed E-state index contributed by atoms with van der Waals surface area (Å²) >= 11 is 5.85. The average Bonchev–Trinajstić information content (AvgIpc) is 2.73. The highest BCUT2D eigenvalue weighted by molar-refractivity contribution is 7.89. The molecule has 10 heteroatoms. The fourth-order valence-electron chi connectivity index (χ4n) is 1.62. The van der Waals surface area contributed by atoms with E-state index in [2.05, 4.69) is 10.4 Å². The summed E-state index contributed by atoms with van der Waals surface area (Å²) in [7, 11) is -2.56. The number of benzene rings is 1. The maximum Gasteiger partial charge on any atom is 0.258 e. The summed E-state index contributed by atoms with van der Waals surface area (Å²) in [5.74, 6) is -1.10. The monoisotopic (exact) mass is 330 g/mol. The second kappa shape index (κ2) is 5.35. The van der Waals surface area contributed by atoms with E-state index >= 15 is 0 Å². The molecular formula is C11H11ClN4O4S. The highest BCUT2D eigenvalue weighted by atomic mass is 35.5. The lowest BCUT2D eigenvalue weighted by atomic mass is 10.2. The molecule has 0 spiro atoms. The second-order valence-electron chi connectivity index (χ2n) is 4.18. The topological polar surface area (TPSA) is 127 Å². The number of phenols is 1. The minimum Gasteiger partial charge on any atom is -0.508 e. The first-order valence-corrected chi connectivity index (χ1v) is 7.47. The molecule has 0 radical (unpaired) electrons. The van der Waals surface area contributed by atoms with Gasteiger partial charge in [0.2, 0.25) is 10.0 Å². The Balaban J connectivity index is 2.39. The maximum atomic E-state index is 12.1. The van der Waals surface area contributed by atoms with Gasteiger partial charge in [-0.15, -0.1) is 0 Å². The Kier molecular flexibility index (Phi) is 3.90. The Morgan fingerprint density at radius 1 is 1.48 bits per heavy atom. The Morgan fingerprint density at radius 2 is 2.14 bits per heavy atom. The Morgan fingerprint density at radius 3 is 2.76 bits per heavy atom. The summed E-state index contributed by atoms with van der Waals surface area (Å²) in [6.45, 7) is 0. The largest absolute Gasteiger partial charge is 0.508 e. The number of nitrogens with two attached hydrogens (primary N) is 1. The molecule has 0 bridgehead atoms. The van der Waals surface area contributed by atoms with E-state index in [1.54, 1.807) is 0 Å². The van der Waals surface area contributed by atoms with Crippen molar-refractivity contribution in [2.75, 3.05) is 5.32 Å². The smallest absolute Gasteiger partial charge is 0.258 e. The van der Waals surface area contributed by atoms with E-state index in [-0.39, 0.29) is 27.0 Å². The molecule has 0 atom stereocenters. The Labute approximate surface area is 125 Å². The molecule has 0 aliphatic heterocycles. The van der Waals surface area contributed by atoms with Crippen LogP contribution in [-0.2, 0) is 17.1 Å². The minimum atomic E-state index is -4.04. The van der Waals surface area contributed by atoms with Crippen molar-refractivity contribution >= 4 is 33.3 Å². The lowest BCUT2D eigenvalue weighted by molar-refractivity contribution is 0.102. The van der Waals surface area contributed by atoms with Crippen LogP contribution in [0.3, 0.4) is 0 Å². The molecule has 2 rings (SSSR count). The lowest BCUT2D eigenvalue weighted by Crippen LogP contribution is -2.18. The quantitative estimate of drug-likeness (QED) is 0.762. The Bertz CT molecular complexity index is 816. The third-order valence-electron chi connectivity index (χ3n) is 2.53. The number of anilines is 1. The SMILES string of the molecule is Cn1cc(S(N)(=O)=O)c(NC(=O)c2cc(O)ccc2Cl)n1. The summed E-state index contributed by atoms with van der Waals surface area (Å²) in [5.41, 5.74) is -0.0253. The number of primary sulfonamides is 1. The number of nitrogens with one attached hydrogen (secondary N) is 1. The number of sulfonamides is 1. The van der Waals surface area contributed by atoms with Crippen LogP contribution >= 0.6 is 11.6 Å². The standard InChI is InChI=1S/C11H11ClN4O4S/c1-16-5-9(21(13,19)20)10(15-16)14-11(18)7-4-6(17)2-3-8(7)12/h2-5,17H,1H3,(H2,13,19,20)(H,14,15,18). The number of phenolic OH excluding ortho intramolecular Hbond substituents is 1. The number of carbonyl (C=O) groups excluding carboxylic acids is 1. The molecule has 4 N–H and O–H groups in total. The molecule has 8 nitrogen and oxygen atoms in total. The van der Waals surface area contributed by atoms with Crippen LogP contribution in [0.15, 0.2) is 29.3 Å². The first-order chi connectivity index (χ1) is 9.68. The molecule has 1 aromatic heterocycles. The molecular weight excluding hydrogens is 320 g/mol. The van der Waals surface area contributed by atoms with Crippen molar-refractivity contribution in [1.82, 2.24) is 9.78 Å². The normalized spacial score (nSPS) is 11.4. The number of hydrogen-bond donors (Lipinski definition) is 3. The molecule has 0 aliphatic rings. The first kappa shape index (κ1) is 15.3. The fourth-order valence-corrected chi connectivity index (χ4v) is 2.49. The lowest BCUT2D eigenvalue weighted by Gasteiger charge is -2.06. The predicted molar refractivity (Wildman–Crippen MR) is 75.7 cm³/mol. The van der Waals surface area contributed by atoms with Crippen LogP contribution in [0.5, 0.6) is 5.75 Å². The van der Waals surface area contributed by atoms with Crippen molar-refractivity contribution in [2.45, 2.75) is 4.90 Å². The number of rotatable bonds is 3. The molecule has 0 saturated carbocycles. The zero-order chi connectivity index (χ0) is 15.8. The molecule has 0 unspecified atom stereocenters. The summed E-state index contributed by atoms with van der Waals surface area (Å²) < 4.78 is 24.0. The van der Waals surface area contributed by atoms with Gasteiger partial charge in [-0.05, 0) is 18.2 Å². The van der Waals surface area contributed by atoms with E-state index in [4.69, 9.17) is 16.7 Å². The van der Waals surface area contributed by atoms with Gasteiger partial charge in [0.05, 0.1) is 10.6 Å². The van der Waals surface area contributed by atoms with Crippen LogP contribution in [0.25, 0.3) is 0 Å². The van der Waals surface area contributed by atoms with Gasteiger partial charge in [0.1, 0.15) is 10.6 Å². The number of aryl methyl sites for hydroxylation is 1. The number of nitrogens with zero attached hydrogens (tertiary/aromatic N) is 2. The number of hydrogen-bond acceptors (Lipinski definition) is 5. The highest BCUT2D eigenvalue weighted by Crippen LogP contribution is 2.23. The van der Waals surface area contributed by atoms with Crippen molar-refractivity contribution < 1.29 is 18.3 Å². The van der Waals surface area contributed by atoms with E-state index in [0.29, 0.717) is 0 Å². The molecule has 0 aliphatic carbocycles. The van der Waals surface area contributed by atoms with Gasteiger partial charge in [0.25, 0.3) is 5.91 Å². The van der Waals surface area contributed by atoms with Crippen LogP contribution in [0, 0.1) is 0 Å². The van der Waals surface area contributed by atoms with Crippen LogP contribution in [-0.4, -0.2) is 29.2 Å². The highest BCUT2D eigenvalue weighted by Gasteiger charge is 2.21. The third-order valence-corrected chi connectivity index (χ3v) is 3.77. The molecule has 1 aromatic carbocycles. The van der Waals surface area contributed by atoms with Gasteiger partial charge in [-0.3, -0.25) is 9.48 Å². The molecule has 2 aromatic rings. The van der Waals surface area contributed by atoms with Gasteiger partial charge in [0.15, 0.2) is 5.82 Å². The number of aromatic nitrogens is 2. The van der Waals surface area contributed by atoms with Crippen molar-refractivity contribution in [3.05, 3.63) is 35.0 Å². The predicted octanol–water partition coefficient (Wildman–Crippen LogP) is 0.679. The zero-order valence-electron chi connectivity index (χ0n) is 10.7. The van der Waals surface area contributed by atoms with E-state index in [0.717, 1.165) is 12.3 Å². The van der Waals surface area contributed by atoms with Crippen LogP contribution in [0.2, 0.25) is 5.02 Å². The van der Waals surface area contributed by atoms with E-state index < -0.39 is 15.9 Å². The molecule has 1 heterocycles. The van der Waals surface area contributed by atoms with Crippen LogP contribution in [0.4, 0.5) is 5.82 Å².